The standard InChI is InChI=1S/C18H14FN3O/c19-11-6-7-13-12(9-11)15(18(20)23)16(14-3-1-2-8-21-14)17(22-13)10-4-5-10/h1-3,6-10H,4-5H2,(H2,20,23). The van der Waals surface area contributed by atoms with Gasteiger partial charge in [-0.2, -0.15) is 0 Å². The second kappa shape index (κ2) is 5.12. The first-order chi connectivity index (χ1) is 11.1. The summed E-state index contributed by atoms with van der Waals surface area (Å²) in [5, 5.41) is 0.433. The summed E-state index contributed by atoms with van der Waals surface area (Å²) in [5.74, 6) is -0.710. The lowest BCUT2D eigenvalue weighted by molar-refractivity contribution is 0.100. The molecule has 1 aliphatic carbocycles. The van der Waals surface area contributed by atoms with Crippen molar-refractivity contribution in [2.45, 2.75) is 18.8 Å². The van der Waals surface area contributed by atoms with E-state index in [0.29, 0.717) is 33.6 Å². The molecule has 2 N–H and O–H groups in total. The molecule has 1 aromatic carbocycles. The van der Waals surface area contributed by atoms with Crippen molar-refractivity contribution in [1.29, 1.82) is 0 Å². The normalized spacial score (nSPS) is 14.1. The van der Waals surface area contributed by atoms with Gasteiger partial charge < -0.3 is 5.73 Å². The number of pyridine rings is 2. The predicted octanol–water partition coefficient (Wildman–Crippen LogP) is 3.41. The van der Waals surface area contributed by atoms with Crippen LogP contribution in [-0.4, -0.2) is 15.9 Å². The average Bonchev–Trinajstić information content (AvgIpc) is 3.38. The molecule has 1 fully saturated rings. The minimum Gasteiger partial charge on any atom is -0.366 e. The molecule has 0 radical (unpaired) electrons. The Bertz CT molecular complexity index is 920. The van der Waals surface area contributed by atoms with Gasteiger partial charge in [-0.3, -0.25) is 14.8 Å². The van der Waals surface area contributed by atoms with E-state index in [4.69, 9.17) is 5.73 Å². The number of hydrogen-bond donors (Lipinski definition) is 1. The highest BCUT2D eigenvalue weighted by molar-refractivity contribution is 6.11. The Hall–Kier alpha value is -2.82. The second-order valence-electron chi connectivity index (χ2n) is 5.76. The molecule has 1 aliphatic rings. The average molecular weight is 307 g/mol. The maximum Gasteiger partial charge on any atom is 0.250 e. The van der Waals surface area contributed by atoms with Gasteiger partial charge in [0.1, 0.15) is 5.82 Å². The smallest absolute Gasteiger partial charge is 0.250 e. The summed E-state index contributed by atoms with van der Waals surface area (Å²) in [6.45, 7) is 0. The van der Waals surface area contributed by atoms with Gasteiger partial charge in [0, 0.05) is 23.1 Å². The van der Waals surface area contributed by atoms with Gasteiger partial charge in [-0.15, -0.1) is 0 Å². The highest BCUT2D eigenvalue weighted by atomic mass is 19.1. The molecule has 114 valence electrons. The summed E-state index contributed by atoms with van der Waals surface area (Å²) in [4.78, 5) is 21.2. The fourth-order valence-corrected chi connectivity index (χ4v) is 2.93. The summed E-state index contributed by atoms with van der Waals surface area (Å²) in [6.07, 6.45) is 3.71. The number of halogens is 1. The number of carbonyl (C=O) groups is 1. The molecule has 0 bridgehead atoms. The van der Waals surface area contributed by atoms with Gasteiger partial charge in [-0.1, -0.05) is 6.07 Å². The van der Waals surface area contributed by atoms with Crippen LogP contribution < -0.4 is 5.73 Å². The van der Waals surface area contributed by atoms with Crippen molar-refractivity contribution in [3.8, 4) is 11.3 Å². The Morgan fingerprint density at radius 1 is 1.22 bits per heavy atom. The molecule has 2 heterocycles. The van der Waals surface area contributed by atoms with E-state index in [0.717, 1.165) is 18.5 Å². The van der Waals surface area contributed by atoms with E-state index >= 15 is 0 Å². The van der Waals surface area contributed by atoms with Gasteiger partial charge in [0.15, 0.2) is 0 Å². The summed E-state index contributed by atoms with van der Waals surface area (Å²) in [5.41, 5.74) is 8.64. The molecule has 0 atom stereocenters. The summed E-state index contributed by atoms with van der Waals surface area (Å²) in [6, 6.07) is 9.71. The molecular formula is C18H14FN3O. The lowest BCUT2D eigenvalue weighted by Crippen LogP contribution is -2.15. The molecule has 1 amide bonds. The first kappa shape index (κ1) is 13.8. The highest BCUT2D eigenvalue weighted by Gasteiger charge is 2.32. The monoisotopic (exact) mass is 307 g/mol. The summed E-state index contributed by atoms with van der Waals surface area (Å²) < 4.78 is 13.7. The maximum absolute atomic E-state index is 13.7. The number of rotatable bonds is 3. The quantitative estimate of drug-likeness (QED) is 0.806. The van der Waals surface area contributed by atoms with Gasteiger partial charge in [0.05, 0.1) is 22.5 Å². The van der Waals surface area contributed by atoms with Crippen LogP contribution in [0.15, 0.2) is 42.6 Å². The van der Waals surface area contributed by atoms with E-state index < -0.39 is 11.7 Å². The maximum atomic E-state index is 13.7. The van der Waals surface area contributed by atoms with Gasteiger partial charge >= 0.3 is 0 Å². The van der Waals surface area contributed by atoms with Crippen LogP contribution in [-0.2, 0) is 0 Å². The van der Waals surface area contributed by atoms with Crippen LogP contribution in [0.2, 0.25) is 0 Å². The molecule has 0 spiro atoms. The zero-order valence-corrected chi connectivity index (χ0v) is 12.3. The molecule has 0 aliphatic heterocycles. The number of nitrogens with zero attached hydrogens (tertiary/aromatic N) is 2. The Labute approximate surface area is 132 Å². The molecule has 0 unspecified atom stereocenters. The van der Waals surface area contributed by atoms with Crippen molar-refractivity contribution >= 4 is 16.8 Å². The van der Waals surface area contributed by atoms with Crippen molar-refractivity contribution < 1.29 is 9.18 Å². The molecule has 4 nitrogen and oxygen atoms in total. The number of aromatic nitrogens is 2. The SMILES string of the molecule is NC(=O)c1c(-c2ccccn2)c(C2CC2)nc2ccc(F)cc12. The van der Waals surface area contributed by atoms with Crippen LogP contribution in [0.3, 0.4) is 0 Å². The molecular weight excluding hydrogens is 293 g/mol. The third-order valence-corrected chi connectivity index (χ3v) is 4.11. The van der Waals surface area contributed by atoms with Crippen molar-refractivity contribution in [3.63, 3.8) is 0 Å². The number of carbonyl (C=O) groups excluding carboxylic acids is 1. The third-order valence-electron chi connectivity index (χ3n) is 4.11. The van der Waals surface area contributed by atoms with E-state index in [9.17, 15) is 9.18 Å². The van der Waals surface area contributed by atoms with E-state index in [1.54, 1.807) is 18.3 Å². The molecule has 5 heteroatoms. The minimum atomic E-state index is -0.592. The molecule has 4 rings (SSSR count). The van der Waals surface area contributed by atoms with Crippen LogP contribution >= 0.6 is 0 Å². The molecule has 3 aromatic rings. The second-order valence-corrected chi connectivity index (χ2v) is 5.76. The largest absolute Gasteiger partial charge is 0.366 e. The van der Waals surface area contributed by atoms with Crippen molar-refractivity contribution in [2.75, 3.05) is 0 Å². The summed E-state index contributed by atoms with van der Waals surface area (Å²) >= 11 is 0. The zero-order chi connectivity index (χ0) is 16.0. The molecule has 23 heavy (non-hydrogen) atoms. The fraction of sp³-hybridized carbons (Fsp3) is 0.167. The zero-order valence-electron chi connectivity index (χ0n) is 12.3. The number of nitrogens with two attached hydrogens (primary N) is 1. The minimum absolute atomic E-state index is 0.301. The van der Waals surface area contributed by atoms with E-state index in [1.807, 2.05) is 12.1 Å². The van der Waals surface area contributed by atoms with Crippen LogP contribution in [0.1, 0.15) is 34.8 Å². The fourth-order valence-electron chi connectivity index (χ4n) is 2.93. The van der Waals surface area contributed by atoms with Crippen LogP contribution in [0, 0.1) is 5.82 Å². The van der Waals surface area contributed by atoms with Crippen molar-refractivity contribution in [3.05, 3.63) is 59.7 Å². The molecule has 0 saturated heterocycles. The highest BCUT2D eigenvalue weighted by Crippen LogP contribution is 2.45. The van der Waals surface area contributed by atoms with Crippen LogP contribution in [0.25, 0.3) is 22.2 Å². The first-order valence-electron chi connectivity index (χ1n) is 7.49. The predicted molar refractivity (Wildman–Crippen MR) is 85.4 cm³/mol. The van der Waals surface area contributed by atoms with E-state index in [2.05, 4.69) is 9.97 Å². The number of amides is 1. The molecule has 1 saturated carbocycles. The van der Waals surface area contributed by atoms with Crippen molar-refractivity contribution in [2.24, 2.45) is 5.73 Å². The van der Waals surface area contributed by atoms with Crippen LogP contribution in [0.4, 0.5) is 4.39 Å². The van der Waals surface area contributed by atoms with Crippen LogP contribution in [0.5, 0.6) is 0 Å². The number of hydrogen-bond acceptors (Lipinski definition) is 3. The third kappa shape index (κ3) is 2.34. The lowest BCUT2D eigenvalue weighted by atomic mass is 9.95. The Morgan fingerprint density at radius 3 is 2.70 bits per heavy atom. The van der Waals surface area contributed by atoms with Gasteiger partial charge in [-0.25, -0.2) is 4.39 Å². The topological polar surface area (TPSA) is 68.9 Å². The van der Waals surface area contributed by atoms with E-state index in [1.165, 1.54) is 12.1 Å². The van der Waals surface area contributed by atoms with Gasteiger partial charge in [0.2, 0.25) is 5.91 Å². The Kier molecular flexibility index (Phi) is 3.08. The Balaban J connectivity index is 2.14. The number of primary amides is 1. The van der Waals surface area contributed by atoms with Gasteiger partial charge in [0.25, 0.3) is 0 Å². The summed E-state index contributed by atoms with van der Waals surface area (Å²) in [7, 11) is 0. The lowest BCUT2D eigenvalue weighted by Gasteiger charge is -2.15. The van der Waals surface area contributed by atoms with Crippen molar-refractivity contribution in [1.82, 2.24) is 9.97 Å². The molecule has 2 aromatic heterocycles. The van der Waals surface area contributed by atoms with E-state index in [-0.39, 0.29) is 0 Å². The Morgan fingerprint density at radius 2 is 2.04 bits per heavy atom. The number of benzene rings is 1. The number of fused-ring (bicyclic) bond motifs is 1. The first-order valence-corrected chi connectivity index (χ1v) is 7.49. The van der Waals surface area contributed by atoms with Gasteiger partial charge in [-0.05, 0) is 43.2 Å².